The molecule has 1 aromatic carbocycles. The molecule has 6 nitrogen and oxygen atoms in total. The van der Waals surface area contributed by atoms with Gasteiger partial charge >= 0.3 is 5.97 Å². The van der Waals surface area contributed by atoms with Gasteiger partial charge in [0.2, 0.25) is 0 Å². The second kappa shape index (κ2) is 7.77. The minimum Gasteiger partial charge on any atom is -0.506 e. The number of rotatable bonds is 4. The number of aromatic amines is 1. The molecular weight excluding hydrogens is 364 g/mol. The molecular formula is C20H14N2O4S. The van der Waals surface area contributed by atoms with Crippen LogP contribution in [0.3, 0.4) is 0 Å². The first kappa shape index (κ1) is 18.2. The van der Waals surface area contributed by atoms with E-state index in [0.717, 1.165) is 16.7 Å². The van der Waals surface area contributed by atoms with Gasteiger partial charge < -0.3 is 15.2 Å². The molecule has 2 heterocycles. The summed E-state index contributed by atoms with van der Waals surface area (Å²) in [6.45, 7) is 0. The molecule has 7 heteroatoms. The Morgan fingerprint density at radius 3 is 2.67 bits per heavy atom. The number of aromatic hydroxyl groups is 1. The third kappa shape index (κ3) is 3.84. The number of benzene rings is 1. The monoisotopic (exact) mass is 378 g/mol. The number of carbonyl (C=O) groups is 1. The van der Waals surface area contributed by atoms with Gasteiger partial charge in [-0.15, -0.1) is 11.3 Å². The largest absolute Gasteiger partial charge is 0.506 e. The Bertz CT molecular complexity index is 1170. The van der Waals surface area contributed by atoms with Crippen LogP contribution in [0.1, 0.15) is 30.4 Å². The number of nitriles is 1. The number of H-pyrrole nitrogens is 1. The Hall–Kier alpha value is -3.55. The number of aliphatic carboxylic acids is 1. The van der Waals surface area contributed by atoms with Crippen molar-refractivity contribution < 1.29 is 15.0 Å². The number of carboxylic acids is 1. The van der Waals surface area contributed by atoms with Gasteiger partial charge in [-0.2, -0.15) is 5.26 Å². The van der Waals surface area contributed by atoms with Gasteiger partial charge in [-0.05, 0) is 24.1 Å². The number of hydrogen-bond donors (Lipinski definition) is 3. The third-order valence-electron chi connectivity index (χ3n) is 3.95. The minimum atomic E-state index is -0.826. The number of fused-ring (bicyclic) bond motifs is 1. The Balaban J connectivity index is 1.88. The van der Waals surface area contributed by atoms with Crippen molar-refractivity contribution in [1.29, 1.82) is 5.26 Å². The van der Waals surface area contributed by atoms with Gasteiger partial charge in [0.15, 0.2) is 5.56 Å². The van der Waals surface area contributed by atoms with E-state index < -0.39 is 11.5 Å². The number of unbranched alkanes of at least 4 members (excludes halogenated alkanes) is 1. The van der Waals surface area contributed by atoms with E-state index in [-0.39, 0.29) is 17.7 Å². The second-order valence-electron chi connectivity index (χ2n) is 5.77. The van der Waals surface area contributed by atoms with E-state index >= 15 is 0 Å². The maximum absolute atomic E-state index is 11.8. The van der Waals surface area contributed by atoms with Crippen LogP contribution in [-0.4, -0.2) is 21.2 Å². The first-order chi connectivity index (χ1) is 13.0. The lowest BCUT2D eigenvalue weighted by Gasteiger charge is -2.03. The van der Waals surface area contributed by atoms with Crippen molar-refractivity contribution in [1.82, 2.24) is 4.98 Å². The van der Waals surface area contributed by atoms with Crippen LogP contribution in [0.5, 0.6) is 5.75 Å². The van der Waals surface area contributed by atoms with Gasteiger partial charge in [-0.1, -0.05) is 24.0 Å². The van der Waals surface area contributed by atoms with Crippen LogP contribution >= 0.6 is 11.3 Å². The lowest BCUT2D eigenvalue weighted by molar-refractivity contribution is -0.137. The summed E-state index contributed by atoms with van der Waals surface area (Å²) in [6, 6.07) is 9.08. The first-order valence-electron chi connectivity index (χ1n) is 8.09. The fourth-order valence-electron chi connectivity index (χ4n) is 2.63. The summed E-state index contributed by atoms with van der Waals surface area (Å²) in [5, 5.41) is 30.2. The summed E-state index contributed by atoms with van der Waals surface area (Å²) in [6.07, 6.45) is 1.14. The van der Waals surface area contributed by atoms with E-state index in [4.69, 9.17) is 10.4 Å². The van der Waals surface area contributed by atoms with Gasteiger partial charge in [-0.3, -0.25) is 9.59 Å². The third-order valence-corrected chi connectivity index (χ3v) is 4.85. The molecule has 2 aromatic heterocycles. The molecule has 0 fully saturated rings. The highest BCUT2D eigenvalue weighted by Crippen LogP contribution is 2.38. The molecule has 0 atom stereocenters. The number of hydrogen-bond acceptors (Lipinski definition) is 5. The summed E-state index contributed by atoms with van der Waals surface area (Å²) >= 11 is 1.28. The lowest BCUT2D eigenvalue weighted by Crippen LogP contribution is -2.09. The molecule has 0 saturated carbocycles. The molecule has 0 unspecified atom stereocenters. The minimum absolute atomic E-state index is 0.106. The summed E-state index contributed by atoms with van der Waals surface area (Å²) < 4.78 is 0. The van der Waals surface area contributed by atoms with Crippen molar-refractivity contribution in [3.05, 3.63) is 51.1 Å². The Morgan fingerprint density at radius 1 is 1.26 bits per heavy atom. The fraction of sp³-hybridized carbons (Fsp3) is 0.150. The van der Waals surface area contributed by atoms with Gasteiger partial charge in [-0.25, -0.2) is 0 Å². The maximum atomic E-state index is 11.8. The van der Waals surface area contributed by atoms with E-state index in [1.54, 1.807) is 6.07 Å². The normalized spacial score (nSPS) is 10.2. The number of thiophene rings is 1. The molecule has 0 spiro atoms. The van der Waals surface area contributed by atoms with Crippen molar-refractivity contribution in [2.24, 2.45) is 0 Å². The van der Waals surface area contributed by atoms with Gasteiger partial charge in [0, 0.05) is 29.3 Å². The molecule has 0 aliphatic rings. The van der Waals surface area contributed by atoms with Crippen LogP contribution in [0, 0.1) is 23.2 Å². The van der Waals surface area contributed by atoms with Crippen LogP contribution < -0.4 is 5.56 Å². The molecule has 0 aliphatic heterocycles. The van der Waals surface area contributed by atoms with Crippen molar-refractivity contribution in [2.75, 3.05) is 0 Å². The Morgan fingerprint density at radius 2 is 2.00 bits per heavy atom. The van der Waals surface area contributed by atoms with Crippen molar-refractivity contribution in [3.63, 3.8) is 0 Å². The maximum Gasteiger partial charge on any atom is 0.303 e. The number of pyridine rings is 1. The smallest absolute Gasteiger partial charge is 0.303 e. The SMILES string of the molecule is N#Cc1c(O)c2c(-c3ccc(C#CCCCC(=O)O)cc3)csc2[nH]c1=O. The van der Waals surface area contributed by atoms with Crippen molar-refractivity contribution in [3.8, 4) is 34.8 Å². The lowest BCUT2D eigenvalue weighted by atomic mass is 10.0. The number of aromatic nitrogens is 1. The van der Waals surface area contributed by atoms with Gasteiger partial charge in [0.1, 0.15) is 16.6 Å². The van der Waals surface area contributed by atoms with Crippen molar-refractivity contribution >= 4 is 27.5 Å². The molecule has 3 aromatic rings. The second-order valence-corrected chi connectivity index (χ2v) is 6.65. The van der Waals surface area contributed by atoms with E-state index in [1.165, 1.54) is 11.3 Å². The molecule has 3 rings (SSSR count). The summed E-state index contributed by atoms with van der Waals surface area (Å²) in [5.41, 5.74) is 1.43. The Kier molecular flexibility index (Phi) is 5.25. The summed E-state index contributed by atoms with van der Waals surface area (Å²) in [5.74, 6) is 4.79. The highest BCUT2D eigenvalue weighted by atomic mass is 32.1. The summed E-state index contributed by atoms with van der Waals surface area (Å²) in [4.78, 5) is 25.4. The van der Waals surface area contributed by atoms with Crippen LogP contribution in [0.15, 0.2) is 34.4 Å². The molecule has 0 amide bonds. The predicted octanol–water partition coefficient (Wildman–Crippen LogP) is 3.44. The van der Waals surface area contributed by atoms with Crippen LogP contribution in [0.4, 0.5) is 0 Å². The highest BCUT2D eigenvalue weighted by Gasteiger charge is 2.17. The van der Waals surface area contributed by atoms with Crippen LogP contribution in [-0.2, 0) is 4.79 Å². The van der Waals surface area contributed by atoms with E-state index in [2.05, 4.69) is 16.8 Å². The average molecular weight is 378 g/mol. The first-order valence-corrected chi connectivity index (χ1v) is 8.97. The zero-order valence-electron chi connectivity index (χ0n) is 14.1. The zero-order valence-corrected chi connectivity index (χ0v) is 14.9. The van der Waals surface area contributed by atoms with Gasteiger partial charge in [0.05, 0.1) is 5.39 Å². The molecule has 134 valence electrons. The standard InChI is InChI=1S/C20H14N2O4S/c21-10-14-18(25)17-15(11-27-20(17)22-19(14)26)13-8-6-12(7-9-13)4-2-1-3-5-16(23)24/h6-9,11H,1,3,5H2,(H,23,24)(H2,22,25,26). The zero-order chi connectivity index (χ0) is 19.4. The predicted molar refractivity (Wildman–Crippen MR) is 103 cm³/mol. The molecule has 0 bridgehead atoms. The quantitative estimate of drug-likeness (QED) is 0.475. The van der Waals surface area contributed by atoms with E-state index in [1.807, 2.05) is 29.6 Å². The fourth-order valence-corrected chi connectivity index (χ4v) is 3.59. The molecule has 0 saturated heterocycles. The topological polar surface area (TPSA) is 114 Å². The van der Waals surface area contributed by atoms with Crippen LogP contribution in [0.2, 0.25) is 0 Å². The Labute approximate surface area is 158 Å². The molecule has 27 heavy (non-hydrogen) atoms. The highest BCUT2D eigenvalue weighted by molar-refractivity contribution is 7.17. The van der Waals surface area contributed by atoms with Crippen LogP contribution in [0.25, 0.3) is 21.3 Å². The number of nitrogens with one attached hydrogen (secondary N) is 1. The molecule has 0 radical (unpaired) electrons. The van der Waals surface area contributed by atoms with Crippen molar-refractivity contribution in [2.45, 2.75) is 19.3 Å². The number of carboxylic acid groups (broad SMARTS) is 1. The molecule has 0 aliphatic carbocycles. The van der Waals surface area contributed by atoms with E-state index in [9.17, 15) is 14.7 Å². The summed E-state index contributed by atoms with van der Waals surface area (Å²) in [7, 11) is 0. The van der Waals surface area contributed by atoms with E-state index in [0.29, 0.717) is 23.1 Å². The number of nitrogens with zero attached hydrogens (tertiary/aromatic N) is 1. The van der Waals surface area contributed by atoms with Gasteiger partial charge in [0.25, 0.3) is 5.56 Å². The molecule has 3 N–H and O–H groups in total. The average Bonchev–Trinajstić information content (AvgIpc) is 3.06.